The zero-order valence-corrected chi connectivity index (χ0v) is 12.5. The van der Waals surface area contributed by atoms with Crippen LogP contribution < -0.4 is 5.32 Å². The summed E-state index contributed by atoms with van der Waals surface area (Å²) in [5.41, 5.74) is 1.62. The highest BCUT2D eigenvalue weighted by Gasteiger charge is 2.37. The van der Waals surface area contributed by atoms with Gasteiger partial charge in [0.25, 0.3) is 0 Å². The number of ether oxygens (including phenoxy) is 1. The van der Waals surface area contributed by atoms with Crippen LogP contribution in [0.5, 0.6) is 0 Å². The molecule has 2 atom stereocenters. The number of nitrogens with one attached hydrogen (secondary N) is 1. The van der Waals surface area contributed by atoms with Crippen molar-refractivity contribution >= 4 is 0 Å². The third kappa shape index (κ3) is 3.37. The number of hydrogen-bond acceptors (Lipinski definition) is 2. The zero-order chi connectivity index (χ0) is 13.7. The molecule has 0 heterocycles. The van der Waals surface area contributed by atoms with Gasteiger partial charge in [0, 0.05) is 31.7 Å². The van der Waals surface area contributed by atoms with Crippen molar-refractivity contribution in [2.24, 2.45) is 5.92 Å². The highest BCUT2D eigenvalue weighted by molar-refractivity contribution is 5.27. The normalized spacial score (nSPS) is 19.9. The third-order valence-corrected chi connectivity index (χ3v) is 4.62. The lowest BCUT2D eigenvalue weighted by molar-refractivity contribution is 0.108. The molecule has 0 aromatic heterocycles. The van der Waals surface area contributed by atoms with Gasteiger partial charge in [-0.05, 0) is 30.7 Å². The Labute approximate surface area is 117 Å². The van der Waals surface area contributed by atoms with Crippen LogP contribution in [0.2, 0.25) is 0 Å². The van der Waals surface area contributed by atoms with Crippen LogP contribution in [0.3, 0.4) is 0 Å². The molecule has 0 aliphatic heterocycles. The Kier molecular flexibility index (Phi) is 5.00. The molecule has 0 bridgehead atoms. The minimum absolute atomic E-state index is 0.180. The Hall–Kier alpha value is -0.860. The molecule has 1 aliphatic rings. The van der Waals surface area contributed by atoms with E-state index < -0.39 is 0 Å². The van der Waals surface area contributed by atoms with Gasteiger partial charge in [0.05, 0.1) is 0 Å². The van der Waals surface area contributed by atoms with E-state index in [9.17, 15) is 0 Å². The first-order valence-corrected chi connectivity index (χ1v) is 7.50. The van der Waals surface area contributed by atoms with Gasteiger partial charge in [0.1, 0.15) is 0 Å². The molecule has 2 nitrogen and oxygen atoms in total. The van der Waals surface area contributed by atoms with Gasteiger partial charge in [-0.1, -0.05) is 44.2 Å². The molecule has 1 aliphatic carbocycles. The summed E-state index contributed by atoms with van der Waals surface area (Å²) in [6.45, 7) is 6.49. The van der Waals surface area contributed by atoms with E-state index in [0.717, 1.165) is 25.6 Å². The van der Waals surface area contributed by atoms with E-state index in [4.69, 9.17) is 4.74 Å². The maximum Gasteiger partial charge on any atom is 0.0496 e. The fourth-order valence-corrected chi connectivity index (χ4v) is 3.03. The van der Waals surface area contributed by atoms with Crippen LogP contribution >= 0.6 is 0 Å². The summed E-state index contributed by atoms with van der Waals surface area (Å²) < 4.78 is 5.43. The predicted octanol–water partition coefficient (Wildman–Crippen LogP) is 3.37. The largest absolute Gasteiger partial charge is 0.384 e. The van der Waals surface area contributed by atoms with Crippen LogP contribution in [0.4, 0.5) is 0 Å². The van der Waals surface area contributed by atoms with E-state index in [1.165, 1.54) is 18.4 Å². The molecule has 1 fully saturated rings. The number of rotatable bonds is 8. The number of methoxy groups -OCH3 is 1. The van der Waals surface area contributed by atoms with E-state index in [2.05, 4.69) is 49.5 Å². The summed E-state index contributed by atoms with van der Waals surface area (Å²) in [5.74, 6) is 0.510. The van der Waals surface area contributed by atoms with Crippen molar-refractivity contribution in [3.63, 3.8) is 0 Å². The molecule has 1 aromatic carbocycles. The Bertz CT molecular complexity index is 374. The highest BCUT2D eigenvalue weighted by Crippen LogP contribution is 2.36. The highest BCUT2D eigenvalue weighted by atomic mass is 16.5. The summed E-state index contributed by atoms with van der Waals surface area (Å²) in [6.07, 6.45) is 3.82. The van der Waals surface area contributed by atoms with Crippen LogP contribution in [0.1, 0.15) is 38.7 Å². The molecular formula is C17H27NO. The fourth-order valence-electron chi connectivity index (χ4n) is 3.03. The summed E-state index contributed by atoms with van der Waals surface area (Å²) in [7, 11) is 1.80. The second-order valence-electron chi connectivity index (χ2n) is 5.89. The van der Waals surface area contributed by atoms with E-state index in [-0.39, 0.29) is 5.41 Å². The lowest BCUT2D eigenvalue weighted by atomic mass is 9.69. The molecule has 19 heavy (non-hydrogen) atoms. The van der Waals surface area contributed by atoms with Crippen LogP contribution in [0.25, 0.3) is 0 Å². The summed E-state index contributed by atoms with van der Waals surface area (Å²) >= 11 is 0. The van der Waals surface area contributed by atoms with E-state index >= 15 is 0 Å². The average molecular weight is 261 g/mol. The Morgan fingerprint density at radius 2 is 2.00 bits per heavy atom. The zero-order valence-electron chi connectivity index (χ0n) is 12.5. The van der Waals surface area contributed by atoms with Gasteiger partial charge in [-0.3, -0.25) is 0 Å². The van der Waals surface area contributed by atoms with Crippen molar-refractivity contribution in [2.75, 3.05) is 20.3 Å². The quantitative estimate of drug-likeness (QED) is 0.774. The lowest BCUT2D eigenvalue weighted by Gasteiger charge is -2.39. The van der Waals surface area contributed by atoms with Crippen LogP contribution in [-0.2, 0) is 10.2 Å². The van der Waals surface area contributed by atoms with Crippen molar-refractivity contribution in [1.29, 1.82) is 0 Å². The summed E-state index contributed by atoms with van der Waals surface area (Å²) in [6, 6.07) is 11.7. The topological polar surface area (TPSA) is 21.3 Å². The second-order valence-corrected chi connectivity index (χ2v) is 5.89. The SMILES string of the molecule is CCC(CNC1CC1)(c1ccccc1)C(C)COC. The fraction of sp³-hybridized carbons (Fsp3) is 0.647. The Morgan fingerprint density at radius 3 is 2.53 bits per heavy atom. The lowest BCUT2D eigenvalue weighted by Crippen LogP contribution is -2.45. The second kappa shape index (κ2) is 6.53. The van der Waals surface area contributed by atoms with Crippen molar-refractivity contribution in [2.45, 2.75) is 44.6 Å². The minimum atomic E-state index is 0.180. The molecule has 1 N–H and O–H groups in total. The van der Waals surface area contributed by atoms with Crippen LogP contribution in [0, 0.1) is 5.92 Å². The summed E-state index contributed by atoms with van der Waals surface area (Å²) in [4.78, 5) is 0. The standard InChI is InChI=1S/C17H27NO/c1-4-17(14(2)12-19-3,13-18-16-10-11-16)15-8-6-5-7-9-15/h5-9,14,16,18H,4,10-13H2,1-3H3. The van der Waals surface area contributed by atoms with Gasteiger partial charge in [-0.15, -0.1) is 0 Å². The monoisotopic (exact) mass is 261 g/mol. The van der Waals surface area contributed by atoms with Gasteiger partial charge >= 0.3 is 0 Å². The molecule has 106 valence electrons. The van der Waals surface area contributed by atoms with Crippen molar-refractivity contribution in [3.05, 3.63) is 35.9 Å². The first-order valence-electron chi connectivity index (χ1n) is 7.50. The number of hydrogen-bond donors (Lipinski definition) is 1. The molecule has 2 heteroatoms. The van der Waals surface area contributed by atoms with Crippen LogP contribution in [-0.4, -0.2) is 26.3 Å². The van der Waals surface area contributed by atoms with Crippen molar-refractivity contribution in [3.8, 4) is 0 Å². The minimum Gasteiger partial charge on any atom is -0.384 e. The Balaban J connectivity index is 2.22. The van der Waals surface area contributed by atoms with Crippen molar-refractivity contribution in [1.82, 2.24) is 5.32 Å². The molecule has 0 saturated heterocycles. The van der Waals surface area contributed by atoms with Crippen molar-refractivity contribution < 1.29 is 4.74 Å². The average Bonchev–Trinajstić information content (AvgIpc) is 3.26. The first kappa shape index (κ1) is 14.5. The summed E-state index contributed by atoms with van der Waals surface area (Å²) in [5, 5.41) is 3.73. The maximum absolute atomic E-state index is 5.43. The van der Waals surface area contributed by atoms with E-state index in [1.54, 1.807) is 7.11 Å². The Morgan fingerprint density at radius 1 is 1.32 bits per heavy atom. The molecule has 0 amide bonds. The first-order chi connectivity index (χ1) is 9.23. The van der Waals surface area contributed by atoms with Crippen LogP contribution in [0.15, 0.2) is 30.3 Å². The molecule has 1 saturated carbocycles. The predicted molar refractivity (Wildman–Crippen MR) is 80.5 cm³/mol. The molecule has 2 rings (SSSR count). The van der Waals surface area contributed by atoms with Gasteiger partial charge in [-0.25, -0.2) is 0 Å². The molecule has 0 radical (unpaired) electrons. The third-order valence-electron chi connectivity index (χ3n) is 4.62. The smallest absolute Gasteiger partial charge is 0.0496 e. The molecule has 1 aromatic rings. The molecule has 0 spiro atoms. The molecule has 2 unspecified atom stereocenters. The molecular weight excluding hydrogens is 234 g/mol. The van der Waals surface area contributed by atoms with Gasteiger partial charge in [-0.2, -0.15) is 0 Å². The van der Waals surface area contributed by atoms with E-state index in [1.807, 2.05) is 0 Å². The number of benzene rings is 1. The maximum atomic E-state index is 5.43. The van der Waals surface area contributed by atoms with Gasteiger partial charge in [0.2, 0.25) is 0 Å². The van der Waals surface area contributed by atoms with E-state index in [0.29, 0.717) is 5.92 Å². The van der Waals surface area contributed by atoms with Gasteiger partial charge in [0.15, 0.2) is 0 Å². The van der Waals surface area contributed by atoms with Gasteiger partial charge < -0.3 is 10.1 Å².